The molecule has 0 spiro atoms. The van der Waals surface area contributed by atoms with Crippen LogP contribution in [0.4, 0.5) is 11.4 Å². The molecule has 1 unspecified atom stereocenters. The van der Waals surface area contributed by atoms with E-state index in [9.17, 15) is 13.2 Å². The zero-order valence-electron chi connectivity index (χ0n) is 19.5. The van der Waals surface area contributed by atoms with Gasteiger partial charge in [0.25, 0.3) is 0 Å². The van der Waals surface area contributed by atoms with Gasteiger partial charge in [-0.25, -0.2) is 8.42 Å². The molecule has 1 amide bonds. The van der Waals surface area contributed by atoms with E-state index in [0.717, 1.165) is 30.5 Å². The molecule has 1 atom stereocenters. The van der Waals surface area contributed by atoms with Crippen LogP contribution >= 0.6 is 0 Å². The molecule has 0 aliphatic carbocycles. The van der Waals surface area contributed by atoms with Crippen LogP contribution in [0.25, 0.3) is 0 Å². The van der Waals surface area contributed by atoms with Crippen molar-refractivity contribution in [3.05, 3.63) is 59.7 Å². The molecule has 1 fully saturated rings. The monoisotopic (exact) mass is 457 g/mol. The van der Waals surface area contributed by atoms with Gasteiger partial charge in [-0.3, -0.25) is 9.10 Å². The van der Waals surface area contributed by atoms with E-state index >= 15 is 0 Å². The smallest absolute Gasteiger partial charge is 0.241 e. The van der Waals surface area contributed by atoms with Crippen molar-refractivity contribution < 1.29 is 13.2 Å². The van der Waals surface area contributed by atoms with Crippen molar-refractivity contribution in [2.45, 2.75) is 52.0 Å². The van der Waals surface area contributed by atoms with Crippen molar-refractivity contribution in [3.8, 4) is 0 Å². The van der Waals surface area contributed by atoms with Crippen molar-refractivity contribution >= 4 is 27.3 Å². The number of amides is 1. The number of hydrogen-bond donors (Lipinski definition) is 1. The van der Waals surface area contributed by atoms with E-state index in [2.05, 4.69) is 22.3 Å². The number of piperidine rings is 1. The van der Waals surface area contributed by atoms with E-state index in [-0.39, 0.29) is 24.4 Å². The van der Waals surface area contributed by atoms with Crippen LogP contribution in [0.5, 0.6) is 0 Å². The van der Waals surface area contributed by atoms with Crippen molar-refractivity contribution in [3.63, 3.8) is 0 Å². The highest BCUT2D eigenvalue weighted by Gasteiger charge is 2.24. The van der Waals surface area contributed by atoms with Crippen molar-refractivity contribution in [2.75, 3.05) is 35.1 Å². The predicted molar refractivity (Wildman–Crippen MR) is 132 cm³/mol. The molecular weight excluding hydrogens is 422 g/mol. The topological polar surface area (TPSA) is 69.7 Å². The largest absolute Gasteiger partial charge is 0.372 e. The summed E-state index contributed by atoms with van der Waals surface area (Å²) < 4.78 is 26.3. The maximum absolute atomic E-state index is 12.8. The molecule has 174 valence electrons. The second kappa shape index (κ2) is 10.4. The van der Waals surface area contributed by atoms with Crippen LogP contribution in [-0.2, 0) is 14.8 Å². The van der Waals surface area contributed by atoms with Crippen molar-refractivity contribution in [2.24, 2.45) is 0 Å². The van der Waals surface area contributed by atoms with Gasteiger partial charge in [-0.15, -0.1) is 0 Å². The Morgan fingerprint density at radius 1 is 1.00 bits per heavy atom. The van der Waals surface area contributed by atoms with Crippen LogP contribution in [0.2, 0.25) is 0 Å². The number of benzene rings is 2. The highest BCUT2D eigenvalue weighted by molar-refractivity contribution is 7.92. The lowest BCUT2D eigenvalue weighted by molar-refractivity contribution is -0.120. The number of nitrogens with zero attached hydrogens (tertiary/aromatic N) is 2. The van der Waals surface area contributed by atoms with Crippen LogP contribution in [0.1, 0.15) is 63.1 Å². The molecular formula is C25H35N3O3S. The SMILES string of the molecule is CC(C)c1ccccc1N(CC(=O)NC(C)c1ccc(N2CCCCC2)cc1)S(C)(=O)=O. The molecule has 32 heavy (non-hydrogen) atoms. The Bertz CT molecular complexity index is 1010. The first-order chi connectivity index (χ1) is 15.2. The second-order valence-electron chi connectivity index (χ2n) is 8.91. The average Bonchev–Trinajstić information content (AvgIpc) is 2.77. The highest BCUT2D eigenvalue weighted by atomic mass is 32.2. The molecule has 1 saturated heterocycles. The van der Waals surface area contributed by atoms with Crippen LogP contribution in [0.3, 0.4) is 0 Å². The van der Waals surface area contributed by atoms with E-state index in [1.54, 1.807) is 12.1 Å². The minimum Gasteiger partial charge on any atom is -0.372 e. The number of hydrogen-bond acceptors (Lipinski definition) is 4. The first kappa shape index (κ1) is 24.1. The molecule has 6 nitrogen and oxygen atoms in total. The lowest BCUT2D eigenvalue weighted by atomic mass is 10.0. The summed E-state index contributed by atoms with van der Waals surface area (Å²) in [5, 5.41) is 2.96. The summed E-state index contributed by atoms with van der Waals surface area (Å²) in [7, 11) is -3.62. The molecule has 1 aliphatic heterocycles. The van der Waals surface area contributed by atoms with E-state index < -0.39 is 10.0 Å². The number of carbonyl (C=O) groups is 1. The summed E-state index contributed by atoms with van der Waals surface area (Å²) in [6, 6.07) is 15.4. The van der Waals surface area contributed by atoms with Gasteiger partial charge >= 0.3 is 0 Å². The molecule has 1 N–H and O–H groups in total. The first-order valence-electron chi connectivity index (χ1n) is 11.4. The van der Waals surface area contributed by atoms with E-state index in [4.69, 9.17) is 0 Å². The Kier molecular flexibility index (Phi) is 7.82. The maximum atomic E-state index is 12.8. The summed E-state index contributed by atoms with van der Waals surface area (Å²) in [5.41, 5.74) is 3.65. The summed E-state index contributed by atoms with van der Waals surface area (Å²) in [5.74, 6) is -0.197. The molecule has 2 aromatic rings. The Labute approximate surface area is 192 Å². The molecule has 7 heteroatoms. The van der Waals surface area contributed by atoms with Gasteiger partial charge in [-0.1, -0.05) is 44.2 Å². The van der Waals surface area contributed by atoms with Crippen LogP contribution < -0.4 is 14.5 Å². The van der Waals surface area contributed by atoms with E-state index in [0.29, 0.717) is 5.69 Å². The lowest BCUT2D eigenvalue weighted by Gasteiger charge is -2.29. The fourth-order valence-electron chi connectivity index (χ4n) is 4.21. The van der Waals surface area contributed by atoms with Gasteiger partial charge in [0, 0.05) is 18.8 Å². The molecule has 3 rings (SSSR count). The van der Waals surface area contributed by atoms with E-state index in [1.165, 1.54) is 29.3 Å². The first-order valence-corrected chi connectivity index (χ1v) is 13.2. The van der Waals surface area contributed by atoms with Crippen molar-refractivity contribution in [1.82, 2.24) is 5.32 Å². The molecule has 1 heterocycles. The third kappa shape index (κ3) is 6.03. The fraction of sp³-hybridized carbons (Fsp3) is 0.480. The van der Waals surface area contributed by atoms with Gasteiger partial charge in [-0.2, -0.15) is 0 Å². The number of anilines is 2. The Balaban J connectivity index is 1.70. The summed E-state index contributed by atoms with van der Waals surface area (Å²) >= 11 is 0. The third-order valence-corrected chi connectivity index (χ3v) is 7.13. The van der Waals surface area contributed by atoms with Gasteiger partial charge in [0.05, 0.1) is 18.0 Å². The van der Waals surface area contributed by atoms with Gasteiger partial charge in [0.2, 0.25) is 15.9 Å². The summed E-state index contributed by atoms with van der Waals surface area (Å²) in [6.07, 6.45) is 4.89. The predicted octanol–water partition coefficient (Wildman–Crippen LogP) is 4.44. The minimum absolute atomic E-state index is 0.135. The Hall–Kier alpha value is -2.54. The van der Waals surface area contributed by atoms with Gasteiger partial charge in [0.15, 0.2) is 0 Å². The molecule has 1 aliphatic rings. The molecule has 0 saturated carbocycles. The van der Waals surface area contributed by atoms with Gasteiger partial charge < -0.3 is 10.2 Å². The maximum Gasteiger partial charge on any atom is 0.241 e. The second-order valence-corrected chi connectivity index (χ2v) is 10.8. The molecule has 0 radical (unpaired) electrons. The normalized spacial score (nSPS) is 15.5. The van der Waals surface area contributed by atoms with Crippen molar-refractivity contribution in [1.29, 1.82) is 0 Å². The minimum atomic E-state index is -3.62. The number of nitrogens with one attached hydrogen (secondary N) is 1. The Morgan fingerprint density at radius 2 is 1.62 bits per heavy atom. The summed E-state index contributed by atoms with van der Waals surface area (Å²) in [6.45, 7) is 7.86. The standard InChI is InChI=1S/C25H35N3O3S/c1-19(2)23-10-6-7-11-24(23)28(32(4,30)31)18-25(29)26-20(3)21-12-14-22(15-13-21)27-16-8-5-9-17-27/h6-7,10-15,19-20H,5,8-9,16-18H2,1-4H3,(H,26,29). The fourth-order valence-corrected chi connectivity index (χ4v) is 5.09. The Morgan fingerprint density at radius 3 is 2.22 bits per heavy atom. The third-order valence-electron chi connectivity index (χ3n) is 6.01. The highest BCUT2D eigenvalue weighted by Crippen LogP contribution is 2.29. The zero-order chi connectivity index (χ0) is 23.3. The zero-order valence-corrected chi connectivity index (χ0v) is 20.4. The number of sulfonamides is 1. The quantitative estimate of drug-likeness (QED) is 0.636. The van der Waals surface area contributed by atoms with E-state index in [1.807, 2.05) is 45.0 Å². The summed E-state index contributed by atoms with van der Waals surface area (Å²) in [4.78, 5) is 15.2. The number of para-hydroxylation sites is 1. The van der Waals surface area contributed by atoms with Crippen LogP contribution in [0, 0.1) is 0 Å². The molecule has 0 aromatic heterocycles. The molecule has 0 bridgehead atoms. The average molecular weight is 458 g/mol. The number of carbonyl (C=O) groups excluding carboxylic acids is 1. The van der Waals surface area contributed by atoms with Crippen LogP contribution in [-0.4, -0.2) is 40.2 Å². The van der Waals surface area contributed by atoms with Gasteiger partial charge in [-0.05, 0) is 61.4 Å². The van der Waals surface area contributed by atoms with Crippen LogP contribution in [0.15, 0.2) is 48.5 Å². The lowest BCUT2D eigenvalue weighted by Crippen LogP contribution is -2.41. The van der Waals surface area contributed by atoms with Gasteiger partial charge in [0.1, 0.15) is 6.54 Å². The number of rotatable bonds is 8. The molecule has 2 aromatic carbocycles.